The normalized spacial score (nSPS) is 11.8. The predicted octanol–water partition coefficient (Wildman–Crippen LogP) is 9.90. The molecule has 0 bridgehead atoms. The standard InChI is InChI=1S/C39H48Ge/c1-22(2)31-20-34(23(3)4)39(35(21-31)24(5)6)40-38-32(36-27(9)16-25(7)17-28(36)10)14-13-15-33(38)37-29(11)18-26(8)19-30(37)12/h13-24H,1-12H3. The second-order valence-electron chi connectivity index (χ2n) is 12.9. The van der Waals surface area contributed by atoms with Gasteiger partial charge in [0.05, 0.1) is 0 Å². The molecule has 4 aromatic carbocycles. The molecule has 40 heavy (non-hydrogen) atoms. The van der Waals surface area contributed by atoms with Crippen molar-refractivity contribution in [1.29, 1.82) is 0 Å². The molecule has 0 aliphatic rings. The Morgan fingerprint density at radius 1 is 0.475 bits per heavy atom. The van der Waals surface area contributed by atoms with Crippen LogP contribution in [0.25, 0.3) is 22.3 Å². The van der Waals surface area contributed by atoms with Crippen LogP contribution in [0.15, 0.2) is 54.6 Å². The summed E-state index contributed by atoms with van der Waals surface area (Å²) in [6.45, 7) is 27.8. The fraction of sp³-hybridized carbons (Fsp3) is 0.385. The van der Waals surface area contributed by atoms with E-state index in [1.807, 2.05) is 0 Å². The molecule has 0 atom stereocenters. The fourth-order valence-corrected chi connectivity index (χ4v) is 10.6. The molecule has 0 N–H and O–H groups in total. The van der Waals surface area contributed by atoms with Crippen LogP contribution in [0.1, 0.15) is 109 Å². The van der Waals surface area contributed by atoms with Gasteiger partial charge in [-0.2, -0.15) is 0 Å². The molecule has 0 nitrogen and oxygen atoms in total. The van der Waals surface area contributed by atoms with E-state index in [9.17, 15) is 0 Å². The Balaban J connectivity index is 2.12. The second kappa shape index (κ2) is 12.1. The van der Waals surface area contributed by atoms with E-state index in [0.717, 1.165) is 0 Å². The van der Waals surface area contributed by atoms with Crippen molar-refractivity contribution in [2.75, 3.05) is 0 Å². The molecule has 208 valence electrons. The van der Waals surface area contributed by atoms with Crippen molar-refractivity contribution < 1.29 is 0 Å². The van der Waals surface area contributed by atoms with E-state index in [1.54, 1.807) is 19.9 Å². The minimum atomic E-state index is -0.669. The van der Waals surface area contributed by atoms with Gasteiger partial charge in [0.25, 0.3) is 0 Å². The van der Waals surface area contributed by atoms with Gasteiger partial charge in [-0.05, 0) is 0 Å². The topological polar surface area (TPSA) is 0 Å². The molecule has 0 saturated heterocycles. The molecular formula is C39H48Ge. The Hall–Kier alpha value is -2.58. The molecule has 0 unspecified atom stereocenters. The number of hydrogen-bond acceptors (Lipinski definition) is 0. The number of benzene rings is 4. The molecule has 0 fully saturated rings. The van der Waals surface area contributed by atoms with Crippen LogP contribution in [0.5, 0.6) is 0 Å². The molecule has 2 radical (unpaired) electrons. The van der Waals surface area contributed by atoms with Crippen molar-refractivity contribution in [1.82, 2.24) is 0 Å². The maximum absolute atomic E-state index is 2.53. The first-order valence-electron chi connectivity index (χ1n) is 15.0. The van der Waals surface area contributed by atoms with Gasteiger partial charge in [-0.3, -0.25) is 0 Å². The summed E-state index contributed by atoms with van der Waals surface area (Å²) < 4.78 is 3.22. The van der Waals surface area contributed by atoms with Crippen LogP contribution < -0.4 is 8.79 Å². The monoisotopic (exact) mass is 590 g/mol. The first-order chi connectivity index (χ1) is 18.8. The Kier molecular flexibility index (Phi) is 9.20. The summed E-state index contributed by atoms with van der Waals surface area (Å²) in [5.74, 6) is 1.52. The van der Waals surface area contributed by atoms with Gasteiger partial charge in [0.15, 0.2) is 0 Å². The second-order valence-corrected chi connectivity index (χ2v) is 15.6. The van der Waals surface area contributed by atoms with Gasteiger partial charge in [0.2, 0.25) is 0 Å². The van der Waals surface area contributed by atoms with Crippen molar-refractivity contribution in [2.24, 2.45) is 0 Å². The number of rotatable bonds is 7. The molecule has 1 heteroatoms. The van der Waals surface area contributed by atoms with E-state index in [-0.39, 0.29) is 0 Å². The van der Waals surface area contributed by atoms with Crippen LogP contribution >= 0.6 is 0 Å². The molecule has 0 heterocycles. The van der Waals surface area contributed by atoms with Crippen molar-refractivity contribution in [3.63, 3.8) is 0 Å². The van der Waals surface area contributed by atoms with Crippen LogP contribution in [0.2, 0.25) is 0 Å². The Bertz CT molecular complexity index is 1400. The van der Waals surface area contributed by atoms with Crippen molar-refractivity contribution >= 4 is 24.2 Å². The summed E-state index contributed by atoms with van der Waals surface area (Å²) in [5.41, 5.74) is 18.5. The third-order valence-electron chi connectivity index (χ3n) is 8.34. The molecule has 0 aliphatic carbocycles. The molecule has 0 aliphatic heterocycles. The van der Waals surface area contributed by atoms with E-state index in [0.29, 0.717) is 17.8 Å². The molecular weight excluding hydrogens is 541 g/mol. The average molecular weight is 589 g/mol. The molecule has 4 aromatic rings. The zero-order valence-corrected chi connectivity index (χ0v) is 29.0. The third kappa shape index (κ3) is 6.03. The van der Waals surface area contributed by atoms with Gasteiger partial charge >= 0.3 is 252 Å². The van der Waals surface area contributed by atoms with Gasteiger partial charge < -0.3 is 0 Å². The van der Waals surface area contributed by atoms with Crippen molar-refractivity contribution in [3.8, 4) is 22.3 Å². The Morgan fingerprint density at radius 2 is 0.850 bits per heavy atom. The van der Waals surface area contributed by atoms with Gasteiger partial charge in [0.1, 0.15) is 0 Å². The maximum atomic E-state index is 2.53. The SMILES string of the molecule is Cc1cc(C)c(-c2cccc(-c3c(C)cc(C)cc3C)[c]2[Ge][c]2c(C(C)C)cc(C(C)C)cc2C(C)C)c(C)c1. The quantitative estimate of drug-likeness (QED) is 0.188. The van der Waals surface area contributed by atoms with Gasteiger partial charge in [-0.15, -0.1) is 0 Å². The van der Waals surface area contributed by atoms with Crippen LogP contribution in [0.3, 0.4) is 0 Å². The Labute approximate surface area is 251 Å². The van der Waals surface area contributed by atoms with E-state index in [1.165, 1.54) is 61.2 Å². The van der Waals surface area contributed by atoms with Crippen LogP contribution in [0, 0.1) is 41.5 Å². The van der Waals surface area contributed by atoms with Crippen LogP contribution in [0.4, 0.5) is 0 Å². The molecule has 0 aromatic heterocycles. The van der Waals surface area contributed by atoms with E-state index in [2.05, 4.69) is 138 Å². The van der Waals surface area contributed by atoms with E-state index >= 15 is 0 Å². The van der Waals surface area contributed by atoms with Gasteiger partial charge in [0, 0.05) is 0 Å². The first-order valence-corrected chi connectivity index (χ1v) is 17.1. The van der Waals surface area contributed by atoms with Crippen molar-refractivity contribution in [2.45, 2.75) is 101 Å². The first kappa shape index (κ1) is 30.4. The minimum absolute atomic E-state index is 0.497. The van der Waals surface area contributed by atoms with Crippen LogP contribution in [-0.4, -0.2) is 15.4 Å². The zero-order chi connectivity index (χ0) is 29.5. The van der Waals surface area contributed by atoms with E-state index < -0.39 is 15.4 Å². The molecule has 0 amide bonds. The third-order valence-corrected chi connectivity index (χ3v) is 11.7. The Morgan fingerprint density at radius 3 is 1.18 bits per heavy atom. The molecule has 4 rings (SSSR count). The number of hydrogen-bond donors (Lipinski definition) is 0. The van der Waals surface area contributed by atoms with Crippen LogP contribution in [-0.2, 0) is 0 Å². The zero-order valence-electron chi connectivity index (χ0n) is 26.9. The van der Waals surface area contributed by atoms with Crippen molar-refractivity contribution in [3.05, 3.63) is 105 Å². The summed E-state index contributed by atoms with van der Waals surface area (Å²) in [6.07, 6.45) is 0. The van der Waals surface area contributed by atoms with Gasteiger partial charge in [-0.25, -0.2) is 0 Å². The summed E-state index contributed by atoms with van der Waals surface area (Å²) in [6, 6.07) is 21.6. The number of aryl methyl sites for hydroxylation is 6. The van der Waals surface area contributed by atoms with E-state index in [4.69, 9.17) is 0 Å². The summed E-state index contributed by atoms with van der Waals surface area (Å²) in [5, 5.41) is 0. The summed E-state index contributed by atoms with van der Waals surface area (Å²) in [7, 11) is 0. The molecule has 0 spiro atoms. The predicted molar refractivity (Wildman–Crippen MR) is 179 cm³/mol. The van der Waals surface area contributed by atoms with Gasteiger partial charge in [-0.1, -0.05) is 0 Å². The summed E-state index contributed by atoms with van der Waals surface area (Å²) >= 11 is -0.669. The summed E-state index contributed by atoms with van der Waals surface area (Å²) in [4.78, 5) is 0. The fourth-order valence-electron chi connectivity index (χ4n) is 6.54. The average Bonchev–Trinajstić information content (AvgIpc) is 2.83. The molecule has 0 saturated carbocycles.